The minimum absolute atomic E-state index is 0.585. The highest BCUT2D eigenvalue weighted by Crippen LogP contribution is 2.12. The van der Waals surface area contributed by atoms with Crippen molar-refractivity contribution in [3.05, 3.63) is 42.1 Å². The number of rotatable bonds is 1. The molecule has 0 unspecified atom stereocenters. The molecule has 0 saturated carbocycles. The molecule has 1 heterocycles. The summed E-state index contributed by atoms with van der Waals surface area (Å²) in [6.45, 7) is 0. The number of aromatic nitrogens is 1. The zero-order valence-electron chi connectivity index (χ0n) is 8.20. The van der Waals surface area contributed by atoms with E-state index in [-0.39, 0.29) is 0 Å². The number of halogens is 1. The number of hydrogen-bond acceptors (Lipinski definition) is 1. The van der Waals surface area contributed by atoms with Gasteiger partial charge in [0.25, 0.3) is 0 Å². The van der Waals surface area contributed by atoms with Crippen molar-refractivity contribution >= 4 is 22.5 Å². The first-order chi connectivity index (χ1) is 7.40. The number of fused-ring (bicyclic) bond motifs is 1. The normalized spacial score (nSPS) is 9.67. The standard InChI is InChI=1S/C13H10ClN/c14-8-2-1-4-11-6-7-13-12(10-11)5-3-9-15-13/h3,5-7,9-10H,2,8H2. The Morgan fingerprint density at radius 1 is 1.27 bits per heavy atom. The van der Waals surface area contributed by atoms with E-state index in [1.165, 1.54) is 0 Å². The quantitative estimate of drug-likeness (QED) is 0.526. The Morgan fingerprint density at radius 3 is 3.07 bits per heavy atom. The van der Waals surface area contributed by atoms with E-state index in [2.05, 4.69) is 16.8 Å². The number of nitrogens with zero attached hydrogens (tertiary/aromatic N) is 1. The molecule has 0 bridgehead atoms. The van der Waals surface area contributed by atoms with Crippen LogP contribution in [-0.2, 0) is 0 Å². The van der Waals surface area contributed by atoms with Crippen molar-refractivity contribution in [2.45, 2.75) is 6.42 Å². The molecule has 2 heteroatoms. The molecule has 0 atom stereocenters. The van der Waals surface area contributed by atoms with Gasteiger partial charge in [-0.05, 0) is 24.3 Å². The van der Waals surface area contributed by atoms with Gasteiger partial charge in [0.1, 0.15) is 0 Å². The third-order valence-electron chi connectivity index (χ3n) is 2.06. The molecule has 0 aliphatic carbocycles. The molecule has 0 aliphatic heterocycles. The maximum absolute atomic E-state index is 5.55. The van der Waals surface area contributed by atoms with Crippen molar-refractivity contribution in [3.8, 4) is 11.8 Å². The first-order valence-corrected chi connectivity index (χ1v) is 5.33. The highest BCUT2D eigenvalue weighted by atomic mass is 35.5. The Morgan fingerprint density at radius 2 is 2.20 bits per heavy atom. The van der Waals surface area contributed by atoms with Crippen LogP contribution in [0.2, 0.25) is 0 Å². The first-order valence-electron chi connectivity index (χ1n) is 4.80. The van der Waals surface area contributed by atoms with Gasteiger partial charge < -0.3 is 0 Å². The molecule has 15 heavy (non-hydrogen) atoms. The third-order valence-corrected chi connectivity index (χ3v) is 2.24. The number of alkyl halides is 1. The van der Waals surface area contributed by atoms with Crippen molar-refractivity contribution in [1.82, 2.24) is 4.98 Å². The predicted octanol–water partition coefficient (Wildman–Crippen LogP) is 3.22. The van der Waals surface area contributed by atoms with Crippen LogP contribution < -0.4 is 0 Å². The summed E-state index contributed by atoms with van der Waals surface area (Å²) in [5, 5.41) is 1.12. The van der Waals surface area contributed by atoms with Crippen LogP contribution >= 0.6 is 11.6 Å². The molecule has 1 nitrogen and oxygen atoms in total. The minimum Gasteiger partial charge on any atom is -0.256 e. The maximum atomic E-state index is 5.55. The molecule has 0 aliphatic rings. The highest BCUT2D eigenvalue weighted by Gasteiger charge is 1.93. The molecule has 0 spiro atoms. The SMILES string of the molecule is ClCCC#Cc1ccc2ncccc2c1. The topological polar surface area (TPSA) is 12.9 Å². The first kappa shape index (κ1) is 10.0. The summed E-state index contributed by atoms with van der Waals surface area (Å²) in [5.41, 5.74) is 2.01. The van der Waals surface area contributed by atoms with E-state index < -0.39 is 0 Å². The minimum atomic E-state index is 0.585. The summed E-state index contributed by atoms with van der Waals surface area (Å²) in [4.78, 5) is 4.25. The summed E-state index contributed by atoms with van der Waals surface area (Å²) in [7, 11) is 0. The molecular weight excluding hydrogens is 206 g/mol. The Kier molecular flexibility index (Phi) is 3.22. The van der Waals surface area contributed by atoms with Crippen molar-refractivity contribution in [2.75, 3.05) is 5.88 Å². The van der Waals surface area contributed by atoms with Crippen molar-refractivity contribution in [2.24, 2.45) is 0 Å². The second-order valence-corrected chi connectivity index (χ2v) is 3.53. The van der Waals surface area contributed by atoms with Gasteiger partial charge in [-0.3, -0.25) is 4.98 Å². The Labute approximate surface area is 94.1 Å². The van der Waals surface area contributed by atoms with Crippen LogP contribution in [0.25, 0.3) is 10.9 Å². The second-order valence-electron chi connectivity index (χ2n) is 3.15. The fourth-order valence-electron chi connectivity index (χ4n) is 1.37. The van der Waals surface area contributed by atoms with Crippen LogP contribution in [0.1, 0.15) is 12.0 Å². The van der Waals surface area contributed by atoms with Gasteiger partial charge in [-0.2, -0.15) is 0 Å². The lowest BCUT2D eigenvalue weighted by molar-refractivity contribution is 1.29. The van der Waals surface area contributed by atoms with Gasteiger partial charge in [-0.15, -0.1) is 11.6 Å². The molecule has 74 valence electrons. The van der Waals surface area contributed by atoms with Gasteiger partial charge in [-0.25, -0.2) is 0 Å². The third kappa shape index (κ3) is 2.49. The average molecular weight is 216 g/mol. The molecule has 0 amide bonds. The predicted molar refractivity (Wildman–Crippen MR) is 64.0 cm³/mol. The fraction of sp³-hybridized carbons (Fsp3) is 0.154. The smallest absolute Gasteiger partial charge is 0.0702 e. The lowest BCUT2D eigenvalue weighted by atomic mass is 10.1. The van der Waals surface area contributed by atoms with Crippen LogP contribution in [0, 0.1) is 11.8 Å². The highest BCUT2D eigenvalue weighted by molar-refractivity contribution is 6.18. The van der Waals surface area contributed by atoms with Crippen molar-refractivity contribution in [1.29, 1.82) is 0 Å². The molecule has 0 saturated heterocycles. The van der Waals surface area contributed by atoms with Gasteiger partial charge in [0.2, 0.25) is 0 Å². The summed E-state index contributed by atoms with van der Waals surface area (Å²) < 4.78 is 0. The molecule has 0 N–H and O–H groups in total. The van der Waals surface area contributed by atoms with Crippen LogP contribution in [0.15, 0.2) is 36.5 Å². The van der Waals surface area contributed by atoms with E-state index in [4.69, 9.17) is 11.6 Å². The Bertz CT molecular complexity index is 523. The average Bonchev–Trinajstić information content (AvgIpc) is 2.29. The molecule has 2 aromatic rings. The van der Waals surface area contributed by atoms with Gasteiger partial charge in [0.15, 0.2) is 0 Å². The molecule has 1 aromatic heterocycles. The summed E-state index contributed by atoms with van der Waals surface area (Å²) >= 11 is 5.55. The monoisotopic (exact) mass is 215 g/mol. The summed E-state index contributed by atoms with van der Waals surface area (Å²) in [6, 6.07) is 9.98. The lowest BCUT2D eigenvalue weighted by Gasteiger charge is -1.96. The van der Waals surface area contributed by atoms with Gasteiger partial charge >= 0.3 is 0 Å². The van der Waals surface area contributed by atoms with E-state index in [9.17, 15) is 0 Å². The van der Waals surface area contributed by atoms with E-state index in [0.717, 1.165) is 22.9 Å². The molecule has 1 aromatic carbocycles. The van der Waals surface area contributed by atoms with Crippen LogP contribution in [0.3, 0.4) is 0 Å². The molecular formula is C13H10ClN. The van der Waals surface area contributed by atoms with E-state index in [0.29, 0.717) is 5.88 Å². The van der Waals surface area contributed by atoms with E-state index in [1.807, 2.05) is 30.3 Å². The molecule has 2 rings (SSSR count). The Hall–Kier alpha value is -1.52. The summed E-state index contributed by atoms with van der Waals surface area (Å²) in [6.07, 6.45) is 2.52. The molecule has 0 radical (unpaired) electrons. The van der Waals surface area contributed by atoms with E-state index >= 15 is 0 Å². The Balaban J connectivity index is 2.36. The number of hydrogen-bond donors (Lipinski definition) is 0. The maximum Gasteiger partial charge on any atom is 0.0702 e. The second kappa shape index (κ2) is 4.82. The van der Waals surface area contributed by atoms with Crippen molar-refractivity contribution in [3.63, 3.8) is 0 Å². The zero-order chi connectivity index (χ0) is 10.5. The van der Waals surface area contributed by atoms with Crippen LogP contribution in [0.5, 0.6) is 0 Å². The molecule has 0 fully saturated rings. The van der Waals surface area contributed by atoms with E-state index in [1.54, 1.807) is 6.20 Å². The van der Waals surface area contributed by atoms with Gasteiger partial charge in [0.05, 0.1) is 5.52 Å². The lowest BCUT2D eigenvalue weighted by Crippen LogP contribution is -1.79. The van der Waals surface area contributed by atoms with Gasteiger partial charge in [-0.1, -0.05) is 17.9 Å². The van der Waals surface area contributed by atoms with Crippen molar-refractivity contribution < 1.29 is 0 Å². The summed E-state index contributed by atoms with van der Waals surface area (Å²) in [5.74, 6) is 6.67. The number of benzene rings is 1. The number of pyridine rings is 1. The van der Waals surface area contributed by atoms with Crippen LogP contribution in [-0.4, -0.2) is 10.9 Å². The largest absolute Gasteiger partial charge is 0.256 e. The van der Waals surface area contributed by atoms with Crippen LogP contribution in [0.4, 0.5) is 0 Å². The fourth-order valence-corrected chi connectivity index (χ4v) is 1.46. The zero-order valence-corrected chi connectivity index (χ0v) is 8.96. The van der Waals surface area contributed by atoms with Gasteiger partial charge in [0, 0.05) is 29.4 Å².